The molecule has 2 aromatic carbocycles. The van der Waals surface area contributed by atoms with E-state index in [-0.39, 0.29) is 11.6 Å². The van der Waals surface area contributed by atoms with Gasteiger partial charge >= 0.3 is 0 Å². The van der Waals surface area contributed by atoms with Crippen molar-refractivity contribution in [1.82, 2.24) is 5.43 Å². The number of nitro benzene ring substituents is 1. The lowest BCUT2D eigenvalue weighted by atomic mass is 10.2. The molecule has 0 aliphatic rings. The van der Waals surface area contributed by atoms with E-state index in [1.165, 1.54) is 30.5 Å². The van der Waals surface area contributed by atoms with Crippen LogP contribution in [0, 0.1) is 10.1 Å². The van der Waals surface area contributed by atoms with Crippen LogP contribution in [0.25, 0.3) is 0 Å². The first-order valence-electron chi connectivity index (χ1n) is 7.47. The second-order valence-corrected chi connectivity index (χ2v) is 5.03. The van der Waals surface area contributed by atoms with Crippen molar-refractivity contribution >= 4 is 29.4 Å². The largest absolute Gasteiger partial charge is 0.326 e. The summed E-state index contributed by atoms with van der Waals surface area (Å²) in [6.07, 6.45) is 1.76. The SMILES string of the molecule is CCC(=O)Nc1ccc(C(=O)N/N=C/c2ccc([N+](=O)[O-])cc2)cc1. The van der Waals surface area contributed by atoms with Crippen LogP contribution in [0.15, 0.2) is 53.6 Å². The van der Waals surface area contributed by atoms with Gasteiger partial charge in [0.05, 0.1) is 11.1 Å². The number of nitro groups is 1. The van der Waals surface area contributed by atoms with Crippen LogP contribution in [0.2, 0.25) is 0 Å². The molecular formula is C17H16N4O4. The number of carbonyl (C=O) groups excluding carboxylic acids is 2. The van der Waals surface area contributed by atoms with Crippen molar-refractivity contribution in [3.8, 4) is 0 Å². The van der Waals surface area contributed by atoms with Crippen LogP contribution in [-0.4, -0.2) is 23.0 Å². The third kappa shape index (κ3) is 5.24. The number of anilines is 1. The Morgan fingerprint density at radius 3 is 2.32 bits per heavy atom. The van der Waals surface area contributed by atoms with Gasteiger partial charge in [-0.2, -0.15) is 5.10 Å². The van der Waals surface area contributed by atoms with Crippen molar-refractivity contribution in [2.24, 2.45) is 5.10 Å². The lowest BCUT2D eigenvalue weighted by Crippen LogP contribution is -2.17. The summed E-state index contributed by atoms with van der Waals surface area (Å²) in [5.41, 5.74) is 3.96. The summed E-state index contributed by atoms with van der Waals surface area (Å²) in [5, 5.41) is 17.1. The minimum atomic E-state index is -0.491. The van der Waals surface area contributed by atoms with Gasteiger partial charge in [0.25, 0.3) is 11.6 Å². The smallest absolute Gasteiger partial charge is 0.271 e. The van der Waals surface area contributed by atoms with Crippen molar-refractivity contribution in [2.75, 3.05) is 5.32 Å². The Morgan fingerprint density at radius 2 is 1.76 bits per heavy atom. The van der Waals surface area contributed by atoms with Crippen LogP contribution < -0.4 is 10.7 Å². The number of benzene rings is 2. The second kappa shape index (κ2) is 8.34. The molecule has 2 aromatic rings. The summed E-state index contributed by atoms with van der Waals surface area (Å²) < 4.78 is 0. The standard InChI is InChI=1S/C17H16N4O4/c1-2-16(22)19-14-7-5-13(6-8-14)17(23)20-18-11-12-3-9-15(10-4-12)21(24)25/h3-11H,2H2,1H3,(H,19,22)(H,20,23)/b18-11+. The highest BCUT2D eigenvalue weighted by molar-refractivity contribution is 5.96. The van der Waals surface area contributed by atoms with Gasteiger partial charge in [0, 0.05) is 29.8 Å². The Balaban J connectivity index is 1.93. The summed E-state index contributed by atoms with van der Waals surface area (Å²) in [6, 6.07) is 12.2. The summed E-state index contributed by atoms with van der Waals surface area (Å²) in [4.78, 5) is 33.3. The third-order valence-electron chi connectivity index (χ3n) is 3.24. The minimum Gasteiger partial charge on any atom is -0.326 e. The maximum atomic E-state index is 12.0. The molecule has 0 saturated heterocycles. The van der Waals surface area contributed by atoms with Gasteiger partial charge in [-0.25, -0.2) is 5.43 Å². The van der Waals surface area contributed by atoms with Crippen molar-refractivity contribution in [3.05, 3.63) is 69.8 Å². The zero-order valence-corrected chi connectivity index (χ0v) is 13.4. The van der Waals surface area contributed by atoms with Crippen LogP contribution in [-0.2, 0) is 4.79 Å². The van der Waals surface area contributed by atoms with Gasteiger partial charge in [-0.3, -0.25) is 19.7 Å². The highest BCUT2D eigenvalue weighted by Gasteiger charge is 2.05. The Morgan fingerprint density at radius 1 is 1.12 bits per heavy atom. The van der Waals surface area contributed by atoms with E-state index in [0.717, 1.165) is 0 Å². The molecule has 0 aliphatic heterocycles. The van der Waals surface area contributed by atoms with Gasteiger partial charge in [0.1, 0.15) is 0 Å². The molecule has 8 heteroatoms. The van der Waals surface area contributed by atoms with Crippen LogP contribution in [0.4, 0.5) is 11.4 Å². The molecule has 0 aromatic heterocycles. The van der Waals surface area contributed by atoms with Gasteiger partial charge in [0.2, 0.25) is 5.91 Å². The van der Waals surface area contributed by atoms with E-state index >= 15 is 0 Å². The first kappa shape index (κ1) is 17.8. The number of non-ortho nitro benzene ring substituents is 1. The summed E-state index contributed by atoms with van der Waals surface area (Å²) in [7, 11) is 0. The summed E-state index contributed by atoms with van der Waals surface area (Å²) in [5.74, 6) is -0.517. The molecule has 0 unspecified atom stereocenters. The topological polar surface area (TPSA) is 114 Å². The number of rotatable bonds is 6. The number of nitrogens with one attached hydrogen (secondary N) is 2. The second-order valence-electron chi connectivity index (χ2n) is 5.03. The molecule has 0 atom stereocenters. The number of hydrogen-bond donors (Lipinski definition) is 2. The normalized spacial score (nSPS) is 10.4. The van der Waals surface area contributed by atoms with Gasteiger partial charge in [-0.15, -0.1) is 0 Å². The quantitative estimate of drug-likeness (QED) is 0.478. The molecule has 0 bridgehead atoms. The lowest BCUT2D eigenvalue weighted by Gasteiger charge is -2.04. The van der Waals surface area contributed by atoms with Crippen molar-refractivity contribution < 1.29 is 14.5 Å². The number of hydrogen-bond acceptors (Lipinski definition) is 5. The van der Waals surface area contributed by atoms with Gasteiger partial charge in [0.15, 0.2) is 0 Å². The van der Waals surface area contributed by atoms with Gasteiger partial charge in [-0.05, 0) is 42.0 Å². The van der Waals surface area contributed by atoms with Crippen LogP contribution in [0.1, 0.15) is 29.3 Å². The van der Waals surface area contributed by atoms with E-state index in [1.54, 1.807) is 31.2 Å². The zero-order valence-electron chi connectivity index (χ0n) is 13.4. The molecule has 128 valence electrons. The van der Waals surface area contributed by atoms with Gasteiger partial charge < -0.3 is 5.32 Å². The average molecular weight is 340 g/mol. The minimum absolute atomic E-state index is 0.0172. The Bertz CT molecular complexity index is 798. The number of hydrazone groups is 1. The molecule has 2 amide bonds. The van der Waals surface area contributed by atoms with E-state index in [0.29, 0.717) is 23.2 Å². The van der Waals surface area contributed by atoms with Crippen LogP contribution in [0.5, 0.6) is 0 Å². The Kier molecular flexibility index (Phi) is 5.94. The van der Waals surface area contributed by atoms with E-state index < -0.39 is 10.8 Å². The van der Waals surface area contributed by atoms with Gasteiger partial charge in [-0.1, -0.05) is 6.92 Å². The number of nitrogens with zero attached hydrogens (tertiary/aromatic N) is 2. The predicted molar refractivity (Wildman–Crippen MR) is 93.5 cm³/mol. The van der Waals surface area contributed by atoms with Crippen LogP contribution >= 0.6 is 0 Å². The number of carbonyl (C=O) groups is 2. The van der Waals surface area contributed by atoms with E-state index in [9.17, 15) is 19.7 Å². The molecule has 8 nitrogen and oxygen atoms in total. The average Bonchev–Trinajstić information content (AvgIpc) is 2.62. The van der Waals surface area contributed by atoms with Crippen LogP contribution in [0.3, 0.4) is 0 Å². The monoisotopic (exact) mass is 340 g/mol. The highest BCUT2D eigenvalue weighted by atomic mass is 16.6. The van der Waals surface area contributed by atoms with Crippen molar-refractivity contribution in [2.45, 2.75) is 13.3 Å². The number of amides is 2. The maximum Gasteiger partial charge on any atom is 0.271 e. The molecule has 25 heavy (non-hydrogen) atoms. The van der Waals surface area contributed by atoms with E-state index in [1.807, 2.05) is 0 Å². The first-order valence-corrected chi connectivity index (χ1v) is 7.47. The highest BCUT2D eigenvalue weighted by Crippen LogP contribution is 2.11. The molecule has 2 rings (SSSR count). The molecule has 0 radical (unpaired) electrons. The van der Waals surface area contributed by atoms with E-state index in [2.05, 4.69) is 15.8 Å². The fourth-order valence-corrected chi connectivity index (χ4v) is 1.87. The summed E-state index contributed by atoms with van der Waals surface area (Å²) >= 11 is 0. The maximum absolute atomic E-state index is 12.0. The van der Waals surface area contributed by atoms with E-state index in [4.69, 9.17) is 0 Å². The lowest BCUT2D eigenvalue weighted by molar-refractivity contribution is -0.384. The Labute approximate surface area is 143 Å². The summed E-state index contributed by atoms with van der Waals surface area (Å²) in [6.45, 7) is 1.75. The van der Waals surface area contributed by atoms with Crippen molar-refractivity contribution in [3.63, 3.8) is 0 Å². The molecule has 0 aliphatic carbocycles. The molecule has 2 N–H and O–H groups in total. The predicted octanol–water partition coefficient (Wildman–Crippen LogP) is 2.71. The first-order chi connectivity index (χ1) is 12.0. The van der Waals surface area contributed by atoms with Crippen molar-refractivity contribution in [1.29, 1.82) is 0 Å². The molecular weight excluding hydrogens is 324 g/mol. The zero-order chi connectivity index (χ0) is 18.2. The molecule has 0 fully saturated rings. The Hall–Kier alpha value is -3.55. The fraction of sp³-hybridized carbons (Fsp3) is 0.118. The fourth-order valence-electron chi connectivity index (χ4n) is 1.87. The third-order valence-corrected chi connectivity index (χ3v) is 3.24. The molecule has 0 spiro atoms. The molecule has 0 heterocycles. The molecule has 0 saturated carbocycles.